The Labute approximate surface area is 99.3 Å². The number of benzene rings is 1. The highest BCUT2D eigenvalue weighted by atomic mass is 16.1. The first-order valence-corrected chi connectivity index (χ1v) is 5.99. The maximum atomic E-state index is 12.2. The topological polar surface area (TPSA) is 46.9 Å². The standard InChI is InChI=1S/C13H15N3O/c17-13-11-3-1-2-4-12(11)15-9-16(13)6-5-10-7-14-8-10/h1-4,9-10,14H,5-8H2. The predicted octanol–water partition coefficient (Wildman–Crippen LogP) is 1.01. The van der Waals surface area contributed by atoms with Gasteiger partial charge in [0.2, 0.25) is 0 Å². The zero-order chi connectivity index (χ0) is 11.7. The summed E-state index contributed by atoms with van der Waals surface area (Å²) in [6, 6.07) is 7.49. The van der Waals surface area contributed by atoms with Crippen LogP contribution >= 0.6 is 0 Å². The molecule has 17 heavy (non-hydrogen) atoms. The van der Waals surface area contributed by atoms with Crippen LogP contribution in [0.3, 0.4) is 0 Å². The van der Waals surface area contributed by atoms with Gasteiger partial charge < -0.3 is 5.32 Å². The van der Waals surface area contributed by atoms with E-state index >= 15 is 0 Å². The van der Waals surface area contributed by atoms with Crippen LogP contribution in [0.25, 0.3) is 10.9 Å². The highest BCUT2D eigenvalue weighted by Gasteiger charge is 2.16. The second-order valence-electron chi connectivity index (χ2n) is 4.57. The molecular formula is C13H15N3O. The van der Waals surface area contributed by atoms with Crippen molar-refractivity contribution in [3.63, 3.8) is 0 Å². The van der Waals surface area contributed by atoms with Gasteiger partial charge in [-0.2, -0.15) is 0 Å². The Morgan fingerprint density at radius 2 is 2.18 bits per heavy atom. The van der Waals surface area contributed by atoms with Crippen LogP contribution in [-0.2, 0) is 6.54 Å². The van der Waals surface area contributed by atoms with Crippen LogP contribution in [0.4, 0.5) is 0 Å². The molecule has 1 aromatic heterocycles. The number of nitrogens with zero attached hydrogens (tertiary/aromatic N) is 2. The number of rotatable bonds is 3. The summed E-state index contributed by atoms with van der Waals surface area (Å²) < 4.78 is 1.72. The molecule has 3 rings (SSSR count). The van der Waals surface area contributed by atoms with Crippen molar-refractivity contribution in [2.45, 2.75) is 13.0 Å². The van der Waals surface area contributed by atoms with Gasteiger partial charge in [0.25, 0.3) is 5.56 Å². The molecule has 1 aromatic carbocycles. The largest absolute Gasteiger partial charge is 0.316 e. The highest BCUT2D eigenvalue weighted by Crippen LogP contribution is 2.10. The lowest BCUT2D eigenvalue weighted by Gasteiger charge is -2.27. The van der Waals surface area contributed by atoms with Gasteiger partial charge in [0.05, 0.1) is 17.2 Å². The van der Waals surface area contributed by atoms with Crippen LogP contribution in [-0.4, -0.2) is 22.6 Å². The van der Waals surface area contributed by atoms with E-state index in [0.29, 0.717) is 11.3 Å². The van der Waals surface area contributed by atoms with Crippen molar-refractivity contribution in [3.05, 3.63) is 40.9 Å². The van der Waals surface area contributed by atoms with Crippen molar-refractivity contribution in [3.8, 4) is 0 Å². The van der Waals surface area contributed by atoms with Crippen LogP contribution < -0.4 is 10.9 Å². The van der Waals surface area contributed by atoms with Crippen molar-refractivity contribution in [2.75, 3.05) is 13.1 Å². The van der Waals surface area contributed by atoms with Crippen LogP contribution in [0, 0.1) is 5.92 Å². The Morgan fingerprint density at radius 1 is 1.35 bits per heavy atom. The van der Waals surface area contributed by atoms with E-state index in [-0.39, 0.29) is 5.56 Å². The number of aryl methyl sites for hydroxylation is 1. The maximum Gasteiger partial charge on any atom is 0.261 e. The average Bonchev–Trinajstić information content (AvgIpc) is 2.30. The minimum atomic E-state index is 0.0721. The quantitative estimate of drug-likeness (QED) is 0.854. The van der Waals surface area contributed by atoms with E-state index in [9.17, 15) is 4.79 Å². The Morgan fingerprint density at radius 3 is 2.94 bits per heavy atom. The fourth-order valence-electron chi connectivity index (χ4n) is 2.14. The van der Waals surface area contributed by atoms with Crippen molar-refractivity contribution >= 4 is 10.9 Å². The fourth-order valence-corrected chi connectivity index (χ4v) is 2.14. The van der Waals surface area contributed by atoms with E-state index in [2.05, 4.69) is 10.3 Å². The summed E-state index contributed by atoms with van der Waals surface area (Å²) in [4.78, 5) is 16.5. The molecule has 0 amide bonds. The average molecular weight is 229 g/mol. The van der Waals surface area contributed by atoms with Crippen LogP contribution in [0.1, 0.15) is 6.42 Å². The first-order chi connectivity index (χ1) is 8.34. The van der Waals surface area contributed by atoms with Gasteiger partial charge in [0.1, 0.15) is 0 Å². The van der Waals surface area contributed by atoms with E-state index in [1.54, 1.807) is 10.9 Å². The number of fused-ring (bicyclic) bond motifs is 1. The third kappa shape index (κ3) is 1.96. The molecule has 88 valence electrons. The second kappa shape index (κ2) is 4.30. The van der Waals surface area contributed by atoms with Gasteiger partial charge in [-0.05, 0) is 37.6 Å². The van der Waals surface area contributed by atoms with E-state index < -0.39 is 0 Å². The van der Waals surface area contributed by atoms with Crippen molar-refractivity contribution in [1.29, 1.82) is 0 Å². The van der Waals surface area contributed by atoms with Gasteiger partial charge in [-0.15, -0.1) is 0 Å². The van der Waals surface area contributed by atoms with E-state index in [4.69, 9.17) is 0 Å². The molecule has 1 aliphatic rings. The maximum absolute atomic E-state index is 12.2. The molecular weight excluding hydrogens is 214 g/mol. The summed E-state index contributed by atoms with van der Waals surface area (Å²) in [6.07, 6.45) is 2.71. The molecule has 1 N–H and O–H groups in total. The molecule has 1 aliphatic heterocycles. The first kappa shape index (κ1) is 10.5. The SMILES string of the molecule is O=c1c2ccccc2ncn1CCC1CNC1. The minimum Gasteiger partial charge on any atom is -0.316 e. The predicted molar refractivity (Wildman–Crippen MR) is 67.0 cm³/mol. The molecule has 0 saturated carbocycles. The number of aromatic nitrogens is 2. The smallest absolute Gasteiger partial charge is 0.261 e. The summed E-state index contributed by atoms with van der Waals surface area (Å²) in [5.74, 6) is 0.716. The van der Waals surface area contributed by atoms with Crippen LogP contribution in [0.2, 0.25) is 0 Å². The zero-order valence-corrected chi connectivity index (χ0v) is 9.60. The van der Waals surface area contributed by atoms with Crippen molar-refractivity contribution in [1.82, 2.24) is 14.9 Å². The molecule has 2 aromatic rings. The lowest BCUT2D eigenvalue weighted by Crippen LogP contribution is -2.42. The Kier molecular flexibility index (Phi) is 2.65. The number of hydrogen-bond acceptors (Lipinski definition) is 3. The minimum absolute atomic E-state index is 0.0721. The second-order valence-corrected chi connectivity index (χ2v) is 4.57. The number of hydrogen-bond donors (Lipinski definition) is 1. The number of nitrogens with one attached hydrogen (secondary N) is 1. The highest BCUT2D eigenvalue weighted by molar-refractivity contribution is 5.76. The molecule has 0 radical (unpaired) electrons. The number of para-hydroxylation sites is 1. The Bertz CT molecular complexity index is 586. The molecule has 0 spiro atoms. The molecule has 1 saturated heterocycles. The summed E-state index contributed by atoms with van der Waals surface area (Å²) in [5, 5.41) is 3.95. The molecule has 0 atom stereocenters. The van der Waals surface area contributed by atoms with E-state index in [1.807, 2.05) is 24.3 Å². The molecule has 4 nitrogen and oxygen atoms in total. The lowest BCUT2D eigenvalue weighted by molar-refractivity contribution is 0.310. The summed E-state index contributed by atoms with van der Waals surface area (Å²) >= 11 is 0. The first-order valence-electron chi connectivity index (χ1n) is 5.99. The molecule has 0 bridgehead atoms. The van der Waals surface area contributed by atoms with E-state index in [0.717, 1.165) is 31.6 Å². The van der Waals surface area contributed by atoms with Crippen molar-refractivity contribution in [2.24, 2.45) is 5.92 Å². The Balaban J connectivity index is 1.88. The summed E-state index contributed by atoms with van der Waals surface area (Å²) in [6.45, 7) is 2.93. The van der Waals surface area contributed by atoms with Gasteiger partial charge >= 0.3 is 0 Å². The van der Waals surface area contributed by atoms with Gasteiger partial charge in [-0.1, -0.05) is 12.1 Å². The molecule has 0 unspecified atom stereocenters. The fraction of sp³-hybridized carbons (Fsp3) is 0.385. The lowest BCUT2D eigenvalue weighted by atomic mass is 9.99. The zero-order valence-electron chi connectivity index (χ0n) is 9.60. The normalized spacial score (nSPS) is 16.0. The van der Waals surface area contributed by atoms with Gasteiger partial charge in [-0.3, -0.25) is 9.36 Å². The monoisotopic (exact) mass is 229 g/mol. The van der Waals surface area contributed by atoms with Crippen LogP contribution in [0.15, 0.2) is 35.4 Å². The third-order valence-corrected chi connectivity index (χ3v) is 3.38. The van der Waals surface area contributed by atoms with Gasteiger partial charge in [0.15, 0.2) is 0 Å². The van der Waals surface area contributed by atoms with Crippen LogP contribution in [0.5, 0.6) is 0 Å². The summed E-state index contributed by atoms with van der Waals surface area (Å²) in [7, 11) is 0. The van der Waals surface area contributed by atoms with Gasteiger partial charge in [0, 0.05) is 6.54 Å². The van der Waals surface area contributed by atoms with E-state index in [1.165, 1.54) is 0 Å². The van der Waals surface area contributed by atoms with Gasteiger partial charge in [-0.25, -0.2) is 4.98 Å². The summed E-state index contributed by atoms with van der Waals surface area (Å²) in [5.41, 5.74) is 0.849. The molecule has 1 fully saturated rings. The molecule has 2 heterocycles. The molecule has 4 heteroatoms. The Hall–Kier alpha value is -1.68. The molecule has 0 aliphatic carbocycles. The van der Waals surface area contributed by atoms with Crippen molar-refractivity contribution < 1.29 is 0 Å². The third-order valence-electron chi connectivity index (χ3n) is 3.38.